The van der Waals surface area contributed by atoms with Crippen molar-refractivity contribution in [3.8, 4) is 0 Å². The van der Waals surface area contributed by atoms with E-state index in [4.69, 9.17) is 4.74 Å². The second kappa shape index (κ2) is 5.60. The summed E-state index contributed by atoms with van der Waals surface area (Å²) >= 11 is 0. The third kappa shape index (κ3) is 2.79. The summed E-state index contributed by atoms with van der Waals surface area (Å²) in [7, 11) is 3.26. The molecule has 1 aromatic heterocycles. The average molecular weight is 226 g/mol. The highest BCUT2D eigenvalue weighted by molar-refractivity contribution is 5.75. The molecule has 1 rings (SSSR count). The lowest BCUT2D eigenvalue weighted by molar-refractivity contribution is -0.143. The minimum absolute atomic E-state index is 0.0449. The highest BCUT2D eigenvalue weighted by Crippen LogP contribution is 2.09. The fourth-order valence-corrected chi connectivity index (χ4v) is 1.56. The monoisotopic (exact) mass is 226 g/mol. The van der Waals surface area contributed by atoms with Gasteiger partial charge >= 0.3 is 5.97 Å². The van der Waals surface area contributed by atoms with Gasteiger partial charge in [-0.3, -0.25) is 10.1 Å². The predicted octanol–water partition coefficient (Wildman–Crippen LogP) is 0.417. The first-order chi connectivity index (χ1) is 7.60. The Hall–Kier alpha value is -1.43. The summed E-state index contributed by atoms with van der Waals surface area (Å²) in [5.41, 5.74) is 0. The maximum absolute atomic E-state index is 11.4. The smallest absolute Gasteiger partial charge is 0.322 e. The van der Waals surface area contributed by atoms with Crippen LogP contribution in [0.25, 0.3) is 0 Å². The maximum atomic E-state index is 11.4. The van der Waals surface area contributed by atoms with Gasteiger partial charge in [0.25, 0.3) is 0 Å². The van der Waals surface area contributed by atoms with Crippen LogP contribution in [0.15, 0.2) is 6.33 Å². The number of ether oxygens (including phenoxy) is 1. The van der Waals surface area contributed by atoms with Crippen LogP contribution in [0.1, 0.15) is 32.1 Å². The van der Waals surface area contributed by atoms with Crippen molar-refractivity contribution in [2.45, 2.75) is 32.4 Å². The number of hydrogen-bond acceptors (Lipinski definition) is 5. The molecule has 0 spiro atoms. The first-order valence-corrected chi connectivity index (χ1v) is 5.27. The van der Waals surface area contributed by atoms with Gasteiger partial charge in [0.15, 0.2) is 0 Å². The van der Waals surface area contributed by atoms with Crippen molar-refractivity contribution in [2.24, 2.45) is 7.05 Å². The molecule has 0 radical (unpaired) electrons. The lowest BCUT2D eigenvalue weighted by Gasteiger charge is -2.19. The number of rotatable bonds is 5. The lowest BCUT2D eigenvalue weighted by atomic mass is 10.2. The Labute approximate surface area is 95.0 Å². The van der Waals surface area contributed by atoms with E-state index in [1.54, 1.807) is 6.33 Å². The third-order valence-electron chi connectivity index (χ3n) is 2.48. The Bertz CT molecular complexity index is 350. The Kier molecular flexibility index (Phi) is 4.42. The number of hydrogen-bond donors (Lipinski definition) is 1. The fraction of sp³-hybridized carbons (Fsp3) is 0.700. The van der Waals surface area contributed by atoms with Crippen LogP contribution in [0.2, 0.25) is 0 Å². The fourth-order valence-electron chi connectivity index (χ4n) is 1.56. The zero-order chi connectivity index (χ0) is 12.1. The summed E-state index contributed by atoms with van der Waals surface area (Å²) < 4.78 is 6.53. The Balaban J connectivity index is 2.66. The molecule has 2 unspecified atom stereocenters. The molecule has 0 amide bonds. The molecule has 6 nitrogen and oxygen atoms in total. The molecule has 2 atom stereocenters. The number of aromatic nitrogens is 3. The first kappa shape index (κ1) is 12.6. The summed E-state index contributed by atoms with van der Waals surface area (Å²) in [5.74, 6) is 0.541. The van der Waals surface area contributed by atoms with Crippen molar-refractivity contribution >= 4 is 5.97 Å². The van der Waals surface area contributed by atoms with Crippen LogP contribution >= 0.6 is 0 Å². The number of aryl methyl sites for hydroxylation is 1. The molecule has 16 heavy (non-hydrogen) atoms. The van der Waals surface area contributed by atoms with Crippen molar-refractivity contribution in [1.82, 2.24) is 20.1 Å². The van der Waals surface area contributed by atoms with Gasteiger partial charge in [0.05, 0.1) is 13.2 Å². The van der Waals surface area contributed by atoms with E-state index in [0.29, 0.717) is 6.42 Å². The molecule has 0 aliphatic carbocycles. The number of nitrogens with zero attached hydrogens (tertiary/aromatic N) is 3. The van der Waals surface area contributed by atoms with Gasteiger partial charge in [0.1, 0.15) is 18.2 Å². The first-order valence-electron chi connectivity index (χ1n) is 5.27. The van der Waals surface area contributed by atoms with Crippen molar-refractivity contribution in [1.29, 1.82) is 0 Å². The van der Waals surface area contributed by atoms with Gasteiger partial charge in [-0.25, -0.2) is 0 Å². The minimum Gasteiger partial charge on any atom is -0.468 e. The normalized spacial score (nSPS) is 14.5. The van der Waals surface area contributed by atoms with Crippen molar-refractivity contribution in [3.63, 3.8) is 0 Å². The molecule has 0 bridgehead atoms. The lowest BCUT2D eigenvalue weighted by Crippen LogP contribution is -2.39. The number of methoxy groups -OCH3 is 1. The van der Waals surface area contributed by atoms with E-state index in [1.165, 1.54) is 7.11 Å². The van der Waals surface area contributed by atoms with Gasteiger partial charge in [-0.15, -0.1) is 10.2 Å². The number of carbonyl (C=O) groups excluding carboxylic acids is 1. The second-order valence-electron chi connectivity index (χ2n) is 3.67. The molecule has 90 valence electrons. The standard InChI is InChI=1S/C10H18N4O2/c1-5-8(10(15)16-4)12-7(2)9-13-11-6-14(9)3/h6-8,12H,5H2,1-4H3. The van der Waals surface area contributed by atoms with Crippen LogP contribution in [-0.4, -0.2) is 33.9 Å². The quantitative estimate of drug-likeness (QED) is 0.737. The average Bonchev–Trinajstić information content (AvgIpc) is 2.71. The van der Waals surface area contributed by atoms with Crippen LogP contribution in [0.4, 0.5) is 0 Å². The zero-order valence-electron chi connectivity index (χ0n) is 10.1. The van der Waals surface area contributed by atoms with Gasteiger partial charge in [0, 0.05) is 7.05 Å². The molecule has 1 aromatic rings. The molecular formula is C10H18N4O2. The second-order valence-corrected chi connectivity index (χ2v) is 3.67. The predicted molar refractivity (Wildman–Crippen MR) is 58.6 cm³/mol. The summed E-state index contributed by atoms with van der Waals surface area (Å²) in [6, 6.07) is -0.353. The molecule has 0 aliphatic rings. The minimum atomic E-state index is -0.309. The van der Waals surface area contributed by atoms with Crippen LogP contribution in [0.5, 0.6) is 0 Å². The number of esters is 1. The van der Waals surface area contributed by atoms with Crippen LogP contribution in [0.3, 0.4) is 0 Å². The van der Waals surface area contributed by atoms with E-state index in [1.807, 2.05) is 25.5 Å². The van der Waals surface area contributed by atoms with E-state index in [2.05, 4.69) is 15.5 Å². The van der Waals surface area contributed by atoms with Crippen molar-refractivity contribution in [2.75, 3.05) is 7.11 Å². The molecule has 0 saturated heterocycles. The number of carbonyl (C=O) groups is 1. The molecule has 0 aliphatic heterocycles. The van der Waals surface area contributed by atoms with E-state index in [-0.39, 0.29) is 18.1 Å². The Morgan fingerprint density at radius 1 is 1.69 bits per heavy atom. The van der Waals surface area contributed by atoms with Crippen LogP contribution in [-0.2, 0) is 16.6 Å². The highest BCUT2D eigenvalue weighted by atomic mass is 16.5. The Morgan fingerprint density at radius 3 is 2.81 bits per heavy atom. The number of nitrogens with one attached hydrogen (secondary N) is 1. The molecule has 0 saturated carbocycles. The van der Waals surface area contributed by atoms with E-state index in [9.17, 15) is 4.79 Å². The van der Waals surface area contributed by atoms with E-state index in [0.717, 1.165) is 5.82 Å². The molecule has 0 aromatic carbocycles. The Morgan fingerprint density at radius 2 is 2.38 bits per heavy atom. The SMILES string of the molecule is CCC(NC(C)c1nncn1C)C(=O)OC. The van der Waals surface area contributed by atoms with E-state index < -0.39 is 0 Å². The third-order valence-corrected chi connectivity index (χ3v) is 2.48. The largest absolute Gasteiger partial charge is 0.468 e. The van der Waals surface area contributed by atoms with Crippen molar-refractivity contribution < 1.29 is 9.53 Å². The summed E-state index contributed by atoms with van der Waals surface area (Å²) in [5, 5.41) is 10.9. The van der Waals surface area contributed by atoms with Gasteiger partial charge in [0.2, 0.25) is 0 Å². The summed E-state index contributed by atoms with van der Waals surface area (Å²) in [6.45, 7) is 3.87. The van der Waals surface area contributed by atoms with Gasteiger partial charge in [-0.1, -0.05) is 6.92 Å². The summed E-state index contributed by atoms with van der Waals surface area (Å²) in [4.78, 5) is 11.4. The van der Waals surface area contributed by atoms with Gasteiger partial charge in [-0.2, -0.15) is 0 Å². The summed E-state index contributed by atoms with van der Waals surface area (Å²) in [6.07, 6.45) is 2.31. The van der Waals surface area contributed by atoms with Crippen molar-refractivity contribution in [3.05, 3.63) is 12.2 Å². The molecular weight excluding hydrogens is 208 g/mol. The van der Waals surface area contributed by atoms with Crippen LogP contribution in [0, 0.1) is 0 Å². The zero-order valence-corrected chi connectivity index (χ0v) is 10.1. The van der Waals surface area contributed by atoms with Gasteiger partial charge < -0.3 is 9.30 Å². The van der Waals surface area contributed by atoms with E-state index >= 15 is 0 Å². The molecule has 6 heteroatoms. The maximum Gasteiger partial charge on any atom is 0.322 e. The van der Waals surface area contributed by atoms with Gasteiger partial charge in [-0.05, 0) is 13.3 Å². The topological polar surface area (TPSA) is 69.0 Å². The molecule has 1 heterocycles. The molecule has 0 fully saturated rings. The highest BCUT2D eigenvalue weighted by Gasteiger charge is 2.21. The van der Waals surface area contributed by atoms with Crippen LogP contribution < -0.4 is 5.32 Å². The molecule has 1 N–H and O–H groups in total.